The van der Waals surface area contributed by atoms with Gasteiger partial charge in [0.15, 0.2) is 23.1 Å². The summed E-state index contributed by atoms with van der Waals surface area (Å²) in [5, 5.41) is 22.7. The second kappa shape index (κ2) is 7.71. The summed E-state index contributed by atoms with van der Waals surface area (Å²) in [7, 11) is 0. The van der Waals surface area contributed by atoms with Crippen LogP contribution in [0.2, 0.25) is 0 Å². The van der Waals surface area contributed by atoms with Crippen LogP contribution in [0.15, 0.2) is 35.9 Å². The van der Waals surface area contributed by atoms with Crippen molar-refractivity contribution in [2.24, 2.45) is 0 Å². The second-order valence-corrected chi connectivity index (χ2v) is 5.54. The molecule has 2 aromatic rings. The molecule has 0 bridgehead atoms. The molecule has 0 atom stereocenters. The fraction of sp³-hybridized carbons (Fsp3) is 0.111. The Morgan fingerprint density at radius 1 is 1.25 bits per heavy atom. The van der Waals surface area contributed by atoms with Gasteiger partial charge in [-0.2, -0.15) is 5.26 Å². The maximum atomic E-state index is 13.8. The number of nitrogens with zero attached hydrogens (tertiary/aromatic N) is 2. The van der Waals surface area contributed by atoms with Gasteiger partial charge in [-0.25, -0.2) is 8.78 Å². The molecule has 0 saturated heterocycles. The first-order valence-electron chi connectivity index (χ1n) is 7.86. The molecule has 0 aliphatic carbocycles. The average Bonchev–Trinajstić information content (AvgIpc) is 2.68. The molecular weight excluding hydrogens is 376 g/mol. The Morgan fingerprint density at radius 3 is 2.57 bits per heavy atom. The number of halogens is 2. The van der Waals surface area contributed by atoms with Gasteiger partial charge in [0, 0.05) is 11.6 Å². The number of benzene rings is 2. The topological polar surface area (TPSA) is 114 Å². The average molecular weight is 387 g/mol. The lowest BCUT2D eigenvalue weighted by Gasteiger charge is -2.19. The Kier molecular flexibility index (Phi) is 5.17. The van der Waals surface area contributed by atoms with Gasteiger partial charge in [-0.15, -0.1) is 0 Å². The van der Waals surface area contributed by atoms with Crippen LogP contribution in [0.5, 0.6) is 11.5 Å². The van der Waals surface area contributed by atoms with Crippen molar-refractivity contribution < 1.29 is 28.0 Å². The SMILES string of the molecule is N#C/C(=C/c1cccc(F)c1F)C(=O)Nc1cc2c(cc1[N+](=O)[O-])OCCO2. The van der Waals surface area contributed by atoms with Gasteiger partial charge in [0.05, 0.1) is 11.0 Å². The fourth-order valence-electron chi connectivity index (χ4n) is 2.45. The van der Waals surface area contributed by atoms with E-state index in [-0.39, 0.29) is 36.0 Å². The highest BCUT2D eigenvalue weighted by molar-refractivity contribution is 6.10. The maximum Gasteiger partial charge on any atom is 0.296 e. The van der Waals surface area contributed by atoms with Crippen molar-refractivity contribution in [3.8, 4) is 17.6 Å². The number of carbonyl (C=O) groups excluding carboxylic acids is 1. The minimum absolute atomic E-state index is 0.147. The molecule has 10 heteroatoms. The van der Waals surface area contributed by atoms with Crippen LogP contribution >= 0.6 is 0 Å². The summed E-state index contributed by atoms with van der Waals surface area (Å²) in [6.45, 7) is 0.441. The van der Waals surface area contributed by atoms with Crippen LogP contribution < -0.4 is 14.8 Å². The van der Waals surface area contributed by atoms with Gasteiger partial charge in [-0.05, 0) is 12.1 Å². The number of fused-ring (bicyclic) bond motifs is 1. The van der Waals surface area contributed by atoms with Crippen LogP contribution in [0.25, 0.3) is 6.08 Å². The summed E-state index contributed by atoms with van der Waals surface area (Å²) < 4.78 is 37.6. The van der Waals surface area contributed by atoms with Crippen LogP contribution in [-0.4, -0.2) is 24.0 Å². The van der Waals surface area contributed by atoms with Crippen molar-refractivity contribution in [2.45, 2.75) is 0 Å². The van der Waals surface area contributed by atoms with Gasteiger partial charge in [-0.3, -0.25) is 14.9 Å². The lowest BCUT2D eigenvalue weighted by Crippen LogP contribution is -2.18. The van der Waals surface area contributed by atoms with Crippen molar-refractivity contribution >= 4 is 23.4 Å². The van der Waals surface area contributed by atoms with Crippen LogP contribution in [0.4, 0.5) is 20.2 Å². The number of amides is 1. The Balaban J connectivity index is 1.95. The number of nitrogens with one attached hydrogen (secondary N) is 1. The second-order valence-electron chi connectivity index (χ2n) is 5.54. The molecule has 1 heterocycles. The number of carbonyl (C=O) groups is 1. The summed E-state index contributed by atoms with van der Waals surface area (Å²) in [4.78, 5) is 22.9. The summed E-state index contributed by atoms with van der Waals surface area (Å²) >= 11 is 0. The number of hydrogen-bond acceptors (Lipinski definition) is 6. The third kappa shape index (κ3) is 3.73. The molecule has 0 aromatic heterocycles. The van der Waals surface area contributed by atoms with Gasteiger partial charge in [-0.1, -0.05) is 12.1 Å². The monoisotopic (exact) mass is 387 g/mol. The van der Waals surface area contributed by atoms with Crippen molar-refractivity contribution in [1.29, 1.82) is 5.26 Å². The Labute approximate surface area is 156 Å². The first kappa shape index (κ1) is 18.8. The van der Waals surface area contributed by atoms with Crippen molar-refractivity contribution in [3.63, 3.8) is 0 Å². The molecule has 0 radical (unpaired) electrons. The molecule has 0 fully saturated rings. The number of anilines is 1. The lowest BCUT2D eigenvalue weighted by molar-refractivity contribution is -0.384. The predicted octanol–water partition coefficient (Wildman–Crippen LogP) is 3.19. The van der Waals surface area contributed by atoms with E-state index in [4.69, 9.17) is 9.47 Å². The molecule has 28 heavy (non-hydrogen) atoms. The molecule has 0 unspecified atom stereocenters. The number of nitro benzene ring substituents is 1. The minimum Gasteiger partial charge on any atom is -0.486 e. The molecule has 1 aliphatic rings. The highest BCUT2D eigenvalue weighted by atomic mass is 19.2. The van der Waals surface area contributed by atoms with Crippen LogP contribution in [0.3, 0.4) is 0 Å². The Morgan fingerprint density at radius 2 is 1.93 bits per heavy atom. The van der Waals surface area contributed by atoms with E-state index >= 15 is 0 Å². The van der Waals surface area contributed by atoms with Crippen LogP contribution in [0, 0.1) is 33.1 Å². The van der Waals surface area contributed by atoms with Crippen molar-refractivity contribution in [3.05, 3.63) is 63.2 Å². The molecule has 8 nitrogen and oxygen atoms in total. The lowest BCUT2D eigenvalue weighted by atomic mass is 10.1. The number of hydrogen-bond donors (Lipinski definition) is 1. The Bertz CT molecular complexity index is 1050. The molecule has 1 aliphatic heterocycles. The van der Waals surface area contributed by atoms with E-state index < -0.39 is 33.7 Å². The minimum atomic E-state index is -1.23. The molecular formula is C18H11F2N3O5. The van der Waals surface area contributed by atoms with Gasteiger partial charge in [0.1, 0.15) is 30.5 Å². The van der Waals surface area contributed by atoms with E-state index in [0.717, 1.165) is 18.2 Å². The zero-order chi connectivity index (χ0) is 20.3. The van der Waals surface area contributed by atoms with Gasteiger partial charge >= 0.3 is 0 Å². The Hall–Kier alpha value is -4.00. The number of nitro groups is 1. The number of rotatable bonds is 4. The first-order valence-corrected chi connectivity index (χ1v) is 7.86. The quantitative estimate of drug-likeness (QED) is 0.373. The third-order valence-electron chi connectivity index (χ3n) is 3.75. The third-order valence-corrected chi connectivity index (χ3v) is 3.75. The van der Waals surface area contributed by atoms with Crippen LogP contribution in [0.1, 0.15) is 5.56 Å². The van der Waals surface area contributed by atoms with E-state index in [0.29, 0.717) is 0 Å². The number of ether oxygens (including phenoxy) is 2. The first-order chi connectivity index (χ1) is 13.4. The van der Waals surface area contributed by atoms with Crippen LogP contribution in [-0.2, 0) is 4.79 Å². The highest BCUT2D eigenvalue weighted by Gasteiger charge is 2.24. The largest absolute Gasteiger partial charge is 0.486 e. The van der Waals surface area contributed by atoms with Gasteiger partial charge < -0.3 is 14.8 Å². The molecule has 3 rings (SSSR count). The van der Waals surface area contributed by atoms with E-state index in [1.54, 1.807) is 6.07 Å². The molecule has 1 N–H and O–H groups in total. The highest BCUT2D eigenvalue weighted by Crippen LogP contribution is 2.39. The summed E-state index contributed by atoms with van der Waals surface area (Å²) in [5.74, 6) is -3.08. The molecule has 142 valence electrons. The summed E-state index contributed by atoms with van der Waals surface area (Å²) in [5.41, 5.74) is -1.61. The standard InChI is InChI=1S/C18H11F2N3O5/c19-12-3-1-2-10(17(12)20)6-11(9-21)18(24)22-13-7-15-16(28-5-4-27-15)8-14(13)23(25)26/h1-3,6-8H,4-5H2,(H,22,24)/b11-6-. The summed E-state index contributed by atoms with van der Waals surface area (Å²) in [6.07, 6.45) is 0.845. The normalized spacial score (nSPS) is 12.8. The van der Waals surface area contributed by atoms with Crippen molar-refractivity contribution in [2.75, 3.05) is 18.5 Å². The zero-order valence-corrected chi connectivity index (χ0v) is 14.1. The van der Waals surface area contributed by atoms with Crippen molar-refractivity contribution in [1.82, 2.24) is 0 Å². The van der Waals surface area contributed by atoms with Gasteiger partial charge in [0.2, 0.25) is 0 Å². The molecule has 0 spiro atoms. The predicted molar refractivity (Wildman–Crippen MR) is 92.7 cm³/mol. The molecule has 0 saturated carbocycles. The van der Waals surface area contributed by atoms with E-state index in [9.17, 15) is 29.0 Å². The van der Waals surface area contributed by atoms with E-state index in [1.807, 2.05) is 0 Å². The van der Waals surface area contributed by atoms with E-state index in [2.05, 4.69) is 5.32 Å². The zero-order valence-electron chi connectivity index (χ0n) is 14.1. The van der Waals surface area contributed by atoms with Gasteiger partial charge in [0.25, 0.3) is 11.6 Å². The number of nitriles is 1. The fourth-order valence-corrected chi connectivity index (χ4v) is 2.45. The maximum absolute atomic E-state index is 13.8. The van der Waals surface area contributed by atoms with E-state index in [1.165, 1.54) is 18.2 Å². The molecule has 1 amide bonds. The smallest absolute Gasteiger partial charge is 0.296 e. The summed E-state index contributed by atoms with van der Waals surface area (Å²) in [6, 6.07) is 7.12. The molecule has 2 aromatic carbocycles.